The Hall–Kier alpha value is -3.21. The quantitative estimate of drug-likeness (QED) is 0.247. The molecule has 1 aliphatic rings. The van der Waals surface area contributed by atoms with E-state index in [2.05, 4.69) is 0 Å². The molecular formula is C22H20N2O4S. The first-order chi connectivity index (χ1) is 14.1. The fourth-order valence-electron chi connectivity index (χ4n) is 2.85. The SMILES string of the molecule is COc1ccc(C(=S)N2CCOCC2)cc1OC(=O)/C(C#N)=C/c1ccccc1. The van der Waals surface area contributed by atoms with E-state index in [0.29, 0.717) is 37.0 Å². The van der Waals surface area contributed by atoms with Gasteiger partial charge in [-0.2, -0.15) is 5.26 Å². The highest BCUT2D eigenvalue weighted by Crippen LogP contribution is 2.30. The zero-order valence-corrected chi connectivity index (χ0v) is 16.8. The minimum absolute atomic E-state index is 0.112. The molecule has 0 aliphatic carbocycles. The third kappa shape index (κ3) is 5.19. The number of rotatable bonds is 5. The monoisotopic (exact) mass is 408 g/mol. The van der Waals surface area contributed by atoms with Gasteiger partial charge < -0.3 is 19.1 Å². The van der Waals surface area contributed by atoms with E-state index in [1.54, 1.807) is 24.3 Å². The zero-order valence-electron chi connectivity index (χ0n) is 16.0. The standard InChI is InChI=1S/C22H20N2O4S/c1-26-19-8-7-17(21(29)24-9-11-27-12-10-24)14-20(19)28-22(25)18(15-23)13-16-5-3-2-4-6-16/h2-8,13-14H,9-12H2,1H3/b18-13+. The third-order valence-electron chi connectivity index (χ3n) is 4.36. The molecule has 6 nitrogen and oxygen atoms in total. The molecule has 0 radical (unpaired) electrons. The number of nitriles is 1. The first-order valence-corrected chi connectivity index (χ1v) is 9.47. The highest BCUT2D eigenvalue weighted by Gasteiger charge is 2.19. The van der Waals surface area contributed by atoms with Gasteiger partial charge in [0.2, 0.25) is 0 Å². The molecule has 0 bridgehead atoms. The van der Waals surface area contributed by atoms with Crippen molar-refractivity contribution in [1.82, 2.24) is 4.90 Å². The maximum absolute atomic E-state index is 12.6. The van der Waals surface area contributed by atoms with Crippen LogP contribution in [0.15, 0.2) is 54.1 Å². The van der Waals surface area contributed by atoms with Crippen LogP contribution in [-0.4, -0.2) is 49.3 Å². The molecule has 148 valence electrons. The molecule has 0 atom stereocenters. The number of carbonyl (C=O) groups is 1. The van der Waals surface area contributed by atoms with Gasteiger partial charge in [0.15, 0.2) is 11.5 Å². The fraction of sp³-hybridized carbons (Fsp3) is 0.227. The van der Waals surface area contributed by atoms with Crippen molar-refractivity contribution in [1.29, 1.82) is 5.26 Å². The second-order valence-corrected chi connectivity index (χ2v) is 6.63. The minimum Gasteiger partial charge on any atom is -0.493 e. The molecular weight excluding hydrogens is 388 g/mol. The molecule has 2 aromatic carbocycles. The molecule has 29 heavy (non-hydrogen) atoms. The molecule has 0 N–H and O–H groups in total. The van der Waals surface area contributed by atoms with Crippen LogP contribution in [0.4, 0.5) is 0 Å². The Kier molecular flexibility index (Phi) is 6.95. The summed E-state index contributed by atoms with van der Waals surface area (Å²) in [6.07, 6.45) is 1.48. The summed E-state index contributed by atoms with van der Waals surface area (Å²) >= 11 is 5.58. The van der Waals surface area contributed by atoms with Crippen molar-refractivity contribution in [2.24, 2.45) is 0 Å². The Morgan fingerprint density at radius 3 is 2.55 bits per heavy atom. The van der Waals surface area contributed by atoms with Crippen LogP contribution >= 0.6 is 12.2 Å². The molecule has 0 aromatic heterocycles. The lowest BCUT2D eigenvalue weighted by Crippen LogP contribution is -2.40. The van der Waals surface area contributed by atoms with Gasteiger partial charge in [0, 0.05) is 18.7 Å². The van der Waals surface area contributed by atoms with Crippen molar-refractivity contribution in [3.05, 3.63) is 65.2 Å². The number of esters is 1. The van der Waals surface area contributed by atoms with Crippen LogP contribution in [0.2, 0.25) is 0 Å². The lowest BCUT2D eigenvalue weighted by atomic mass is 10.1. The van der Waals surface area contributed by atoms with Gasteiger partial charge in [0.25, 0.3) is 0 Å². The molecule has 3 rings (SSSR count). The summed E-state index contributed by atoms with van der Waals surface area (Å²) in [5, 5.41) is 9.39. The van der Waals surface area contributed by atoms with Crippen LogP contribution in [0.1, 0.15) is 11.1 Å². The number of morpholine rings is 1. The van der Waals surface area contributed by atoms with Crippen molar-refractivity contribution in [3.8, 4) is 17.6 Å². The van der Waals surface area contributed by atoms with Gasteiger partial charge in [0.05, 0.1) is 20.3 Å². The average molecular weight is 408 g/mol. The summed E-state index contributed by atoms with van der Waals surface area (Å²) in [5.74, 6) is -0.173. The molecule has 2 aromatic rings. The topological polar surface area (TPSA) is 71.8 Å². The molecule has 1 heterocycles. The maximum Gasteiger partial charge on any atom is 0.354 e. The van der Waals surface area contributed by atoms with Crippen LogP contribution in [0.5, 0.6) is 11.5 Å². The number of thiocarbonyl (C=S) groups is 1. The fourth-order valence-corrected chi connectivity index (χ4v) is 3.16. The second kappa shape index (κ2) is 9.82. The molecule has 0 unspecified atom stereocenters. The van der Waals surface area contributed by atoms with E-state index in [1.165, 1.54) is 13.2 Å². The predicted molar refractivity (Wildman–Crippen MR) is 113 cm³/mol. The van der Waals surface area contributed by atoms with Crippen LogP contribution in [0.3, 0.4) is 0 Å². The summed E-state index contributed by atoms with van der Waals surface area (Å²) in [6.45, 7) is 2.65. The Morgan fingerprint density at radius 1 is 1.17 bits per heavy atom. The lowest BCUT2D eigenvalue weighted by Gasteiger charge is -2.29. The number of ether oxygens (including phenoxy) is 3. The summed E-state index contributed by atoms with van der Waals surface area (Å²) in [4.78, 5) is 15.3. The lowest BCUT2D eigenvalue weighted by molar-refractivity contribution is -0.129. The smallest absolute Gasteiger partial charge is 0.354 e. The highest BCUT2D eigenvalue weighted by atomic mass is 32.1. The number of methoxy groups -OCH3 is 1. The Bertz CT molecular complexity index is 961. The van der Waals surface area contributed by atoms with E-state index >= 15 is 0 Å². The predicted octanol–water partition coefficient (Wildman–Crippen LogP) is 3.22. The third-order valence-corrected chi connectivity index (χ3v) is 4.86. The second-order valence-electron chi connectivity index (χ2n) is 6.24. The largest absolute Gasteiger partial charge is 0.493 e. The molecule has 0 saturated carbocycles. The van der Waals surface area contributed by atoms with Crippen molar-refractivity contribution < 1.29 is 19.0 Å². The van der Waals surface area contributed by atoms with Gasteiger partial charge in [-0.1, -0.05) is 42.5 Å². The average Bonchev–Trinajstić information content (AvgIpc) is 2.78. The van der Waals surface area contributed by atoms with Gasteiger partial charge in [0.1, 0.15) is 16.6 Å². The first-order valence-electron chi connectivity index (χ1n) is 9.06. The Morgan fingerprint density at radius 2 is 1.90 bits per heavy atom. The van der Waals surface area contributed by atoms with E-state index in [0.717, 1.165) is 11.1 Å². The van der Waals surface area contributed by atoms with Crippen molar-refractivity contribution in [3.63, 3.8) is 0 Å². The number of benzene rings is 2. The molecule has 0 amide bonds. The van der Waals surface area contributed by atoms with E-state index in [9.17, 15) is 10.1 Å². The van der Waals surface area contributed by atoms with Crippen LogP contribution in [0, 0.1) is 11.3 Å². The number of hydrogen-bond donors (Lipinski definition) is 0. The van der Waals surface area contributed by atoms with E-state index in [1.807, 2.05) is 35.2 Å². The molecule has 7 heteroatoms. The first kappa shape index (κ1) is 20.5. The Labute approximate surface area is 174 Å². The minimum atomic E-state index is -0.760. The van der Waals surface area contributed by atoms with Crippen molar-refractivity contribution >= 4 is 29.3 Å². The number of hydrogen-bond acceptors (Lipinski definition) is 6. The van der Waals surface area contributed by atoms with E-state index in [-0.39, 0.29) is 11.3 Å². The van der Waals surface area contributed by atoms with Crippen LogP contribution in [-0.2, 0) is 9.53 Å². The Balaban J connectivity index is 1.83. The van der Waals surface area contributed by atoms with E-state index < -0.39 is 5.97 Å². The molecule has 0 spiro atoms. The van der Waals surface area contributed by atoms with Crippen LogP contribution in [0.25, 0.3) is 6.08 Å². The summed E-state index contributed by atoms with van der Waals surface area (Å²) in [6, 6.07) is 16.2. The number of carbonyl (C=O) groups excluding carboxylic acids is 1. The van der Waals surface area contributed by atoms with Crippen LogP contribution < -0.4 is 9.47 Å². The summed E-state index contributed by atoms with van der Waals surface area (Å²) in [7, 11) is 1.48. The molecule has 1 fully saturated rings. The maximum atomic E-state index is 12.6. The normalized spacial score (nSPS) is 14.1. The van der Waals surface area contributed by atoms with Gasteiger partial charge in [-0.05, 0) is 29.8 Å². The highest BCUT2D eigenvalue weighted by molar-refractivity contribution is 7.80. The van der Waals surface area contributed by atoms with Crippen molar-refractivity contribution in [2.75, 3.05) is 33.4 Å². The van der Waals surface area contributed by atoms with Gasteiger partial charge >= 0.3 is 5.97 Å². The zero-order chi connectivity index (χ0) is 20.6. The van der Waals surface area contributed by atoms with Gasteiger partial charge in [-0.15, -0.1) is 0 Å². The van der Waals surface area contributed by atoms with E-state index in [4.69, 9.17) is 26.4 Å². The molecule has 1 saturated heterocycles. The summed E-state index contributed by atoms with van der Waals surface area (Å²) < 4.78 is 16.1. The summed E-state index contributed by atoms with van der Waals surface area (Å²) in [5.41, 5.74) is 1.35. The molecule has 1 aliphatic heterocycles. The van der Waals surface area contributed by atoms with Crippen molar-refractivity contribution in [2.45, 2.75) is 0 Å². The van der Waals surface area contributed by atoms with Gasteiger partial charge in [-0.3, -0.25) is 0 Å². The number of nitrogens with zero attached hydrogens (tertiary/aromatic N) is 2. The van der Waals surface area contributed by atoms with Gasteiger partial charge in [-0.25, -0.2) is 4.79 Å².